The molecule has 242 valence electrons. The molecule has 11 nitrogen and oxygen atoms in total. The number of fused-ring (bicyclic) bond motifs is 1. The van der Waals surface area contributed by atoms with Gasteiger partial charge in [0.15, 0.2) is 11.4 Å². The minimum Gasteiger partial charge on any atom is -0.479 e. The van der Waals surface area contributed by atoms with Crippen LogP contribution in [0.1, 0.15) is 99.9 Å². The van der Waals surface area contributed by atoms with E-state index in [0.29, 0.717) is 25.1 Å². The minimum absolute atomic E-state index is 0.0911. The van der Waals surface area contributed by atoms with E-state index >= 15 is 0 Å². The lowest BCUT2D eigenvalue weighted by Gasteiger charge is -2.28. The molecule has 2 aromatic heterocycles. The van der Waals surface area contributed by atoms with E-state index in [1.165, 1.54) is 19.8 Å². The number of esters is 1. The van der Waals surface area contributed by atoms with Crippen molar-refractivity contribution in [2.24, 2.45) is 0 Å². The highest BCUT2D eigenvalue weighted by molar-refractivity contribution is 6.03. The summed E-state index contributed by atoms with van der Waals surface area (Å²) in [7, 11) is 2.88. The van der Waals surface area contributed by atoms with Crippen LogP contribution in [-0.4, -0.2) is 54.3 Å². The molecule has 0 spiro atoms. The van der Waals surface area contributed by atoms with E-state index in [2.05, 4.69) is 62.0 Å². The number of rotatable bonds is 8. The number of amides is 1. The summed E-state index contributed by atoms with van der Waals surface area (Å²) in [4.78, 5) is 37.1. The Labute approximate surface area is 264 Å². The van der Waals surface area contributed by atoms with Gasteiger partial charge in [0.2, 0.25) is 17.7 Å². The van der Waals surface area contributed by atoms with Gasteiger partial charge in [-0.3, -0.25) is 4.79 Å². The third kappa shape index (κ3) is 6.49. The van der Waals surface area contributed by atoms with Gasteiger partial charge < -0.3 is 33.6 Å². The lowest BCUT2D eigenvalue weighted by molar-refractivity contribution is -0.156. The third-order valence-electron chi connectivity index (χ3n) is 8.18. The number of methoxy groups -OCH3 is 2. The Hall–Kier alpha value is -4.12. The quantitative estimate of drug-likeness (QED) is 0.298. The molecule has 0 bridgehead atoms. The Kier molecular flexibility index (Phi) is 8.37. The highest BCUT2D eigenvalue weighted by Gasteiger charge is 2.43. The van der Waals surface area contributed by atoms with Crippen LogP contribution in [0.15, 0.2) is 28.7 Å². The van der Waals surface area contributed by atoms with Crippen LogP contribution < -0.4 is 19.7 Å². The molecule has 2 aliphatic rings. The van der Waals surface area contributed by atoms with Crippen molar-refractivity contribution in [2.75, 3.05) is 31.0 Å². The van der Waals surface area contributed by atoms with Gasteiger partial charge in [-0.15, -0.1) is 0 Å². The molecule has 1 aromatic carbocycles. The van der Waals surface area contributed by atoms with Crippen LogP contribution >= 0.6 is 0 Å². The Morgan fingerprint density at radius 3 is 2.24 bits per heavy atom. The number of hydrogen-bond acceptors (Lipinski definition) is 10. The van der Waals surface area contributed by atoms with E-state index in [9.17, 15) is 9.59 Å². The summed E-state index contributed by atoms with van der Waals surface area (Å²) in [5.74, 6) is 0.337. The molecule has 5 rings (SSSR count). The van der Waals surface area contributed by atoms with Crippen LogP contribution in [0, 0.1) is 6.92 Å². The second-order valence-corrected chi connectivity index (χ2v) is 13.6. The zero-order chi connectivity index (χ0) is 32.9. The third-order valence-corrected chi connectivity index (χ3v) is 8.18. The van der Waals surface area contributed by atoms with Crippen molar-refractivity contribution in [2.45, 2.75) is 97.5 Å². The Balaban J connectivity index is 1.35. The molecule has 4 heterocycles. The highest BCUT2D eigenvalue weighted by Crippen LogP contribution is 2.47. The van der Waals surface area contributed by atoms with E-state index in [-0.39, 0.29) is 40.7 Å². The number of benzene rings is 1. The SMILES string of the molecule is COc1nc(N2CCCC2C(=O)OC(C)(C)C)nc(OC)c1NC(=O)c1ccc(Cc2cc3c(cc2C)C(C)(C)OC3(C)C)o1. The predicted octanol–water partition coefficient (Wildman–Crippen LogP) is 6.05. The number of aromatic nitrogens is 2. The van der Waals surface area contributed by atoms with Crippen LogP contribution in [0.2, 0.25) is 0 Å². The number of anilines is 2. The molecular weight excluding hydrogens is 576 g/mol. The lowest BCUT2D eigenvalue weighted by atomic mass is 9.86. The van der Waals surface area contributed by atoms with E-state index in [1.54, 1.807) is 17.0 Å². The summed E-state index contributed by atoms with van der Waals surface area (Å²) in [6.45, 7) is 16.5. The van der Waals surface area contributed by atoms with Gasteiger partial charge in [-0.2, -0.15) is 9.97 Å². The average molecular weight is 621 g/mol. The van der Waals surface area contributed by atoms with Gasteiger partial charge in [0.25, 0.3) is 5.91 Å². The summed E-state index contributed by atoms with van der Waals surface area (Å²) < 4.78 is 29.0. The molecule has 0 aliphatic carbocycles. The molecule has 0 saturated carbocycles. The van der Waals surface area contributed by atoms with Gasteiger partial charge in [0.1, 0.15) is 17.4 Å². The van der Waals surface area contributed by atoms with Gasteiger partial charge in [-0.25, -0.2) is 4.79 Å². The highest BCUT2D eigenvalue weighted by atomic mass is 16.6. The fraction of sp³-hybridized carbons (Fsp3) is 0.529. The molecule has 1 unspecified atom stereocenters. The van der Waals surface area contributed by atoms with Crippen LogP contribution in [0.3, 0.4) is 0 Å². The van der Waals surface area contributed by atoms with Crippen molar-refractivity contribution in [3.8, 4) is 11.8 Å². The first kappa shape index (κ1) is 32.3. The molecule has 1 amide bonds. The second kappa shape index (κ2) is 11.7. The number of nitrogens with zero attached hydrogens (tertiary/aromatic N) is 3. The maximum absolute atomic E-state index is 13.3. The molecule has 3 aromatic rings. The van der Waals surface area contributed by atoms with Crippen molar-refractivity contribution in [1.29, 1.82) is 0 Å². The smallest absolute Gasteiger partial charge is 0.329 e. The topological polar surface area (TPSA) is 125 Å². The number of hydrogen-bond donors (Lipinski definition) is 1. The minimum atomic E-state index is -0.621. The maximum Gasteiger partial charge on any atom is 0.329 e. The fourth-order valence-electron chi connectivity index (χ4n) is 6.21. The largest absolute Gasteiger partial charge is 0.479 e. The zero-order valence-electron chi connectivity index (χ0n) is 27.9. The summed E-state index contributed by atoms with van der Waals surface area (Å²) in [5.41, 5.74) is 3.34. The van der Waals surface area contributed by atoms with Gasteiger partial charge in [-0.05, 0) is 103 Å². The molecular formula is C34H44N4O7. The number of furan rings is 1. The Morgan fingerprint density at radius 1 is 1.02 bits per heavy atom. The van der Waals surface area contributed by atoms with E-state index in [1.807, 2.05) is 20.8 Å². The molecule has 11 heteroatoms. The van der Waals surface area contributed by atoms with E-state index in [0.717, 1.165) is 23.1 Å². The fourth-order valence-corrected chi connectivity index (χ4v) is 6.21. The molecule has 1 fully saturated rings. The van der Waals surface area contributed by atoms with E-state index < -0.39 is 23.2 Å². The number of aryl methyl sites for hydroxylation is 1. The van der Waals surface area contributed by atoms with Gasteiger partial charge in [0, 0.05) is 13.0 Å². The molecule has 1 N–H and O–H groups in total. The summed E-state index contributed by atoms with van der Waals surface area (Å²) in [5, 5.41) is 2.79. The monoisotopic (exact) mass is 620 g/mol. The number of carbonyl (C=O) groups excluding carboxylic acids is 2. The Bertz CT molecular complexity index is 1590. The molecule has 1 atom stereocenters. The summed E-state index contributed by atoms with van der Waals surface area (Å²) >= 11 is 0. The lowest BCUT2D eigenvalue weighted by Crippen LogP contribution is -2.41. The van der Waals surface area contributed by atoms with Gasteiger partial charge in [-0.1, -0.05) is 12.1 Å². The number of nitrogens with one attached hydrogen (secondary N) is 1. The molecule has 45 heavy (non-hydrogen) atoms. The maximum atomic E-state index is 13.3. The average Bonchev–Trinajstić information content (AvgIpc) is 3.66. The Morgan fingerprint density at radius 2 is 1.64 bits per heavy atom. The first-order chi connectivity index (χ1) is 21.0. The van der Waals surface area contributed by atoms with Crippen molar-refractivity contribution in [3.05, 3.63) is 58.0 Å². The molecule has 1 saturated heterocycles. The first-order valence-corrected chi connectivity index (χ1v) is 15.3. The molecule has 0 radical (unpaired) electrons. The van der Waals surface area contributed by atoms with Crippen molar-refractivity contribution >= 4 is 23.5 Å². The van der Waals surface area contributed by atoms with Crippen LogP contribution in [-0.2, 0) is 31.9 Å². The van der Waals surface area contributed by atoms with Crippen molar-refractivity contribution in [1.82, 2.24) is 9.97 Å². The number of carbonyl (C=O) groups is 2. The van der Waals surface area contributed by atoms with Crippen LogP contribution in [0.5, 0.6) is 11.8 Å². The second-order valence-electron chi connectivity index (χ2n) is 13.6. The van der Waals surface area contributed by atoms with Crippen molar-refractivity contribution < 1.29 is 33.0 Å². The van der Waals surface area contributed by atoms with Crippen molar-refractivity contribution in [3.63, 3.8) is 0 Å². The van der Waals surface area contributed by atoms with Crippen LogP contribution in [0.25, 0.3) is 0 Å². The summed E-state index contributed by atoms with van der Waals surface area (Å²) in [6, 6.07) is 7.26. The number of ether oxygens (including phenoxy) is 4. The van der Waals surface area contributed by atoms with Crippen LogP contribution in [0.4, 0.5) is 11.6 Å². The normalized spacial score (nSPS) is 18.4. The molecule has 2 aliphatic heterocycles. The van der Waals surface area contributed by atoms with Gasteiger partial charge in [0.05, 0.1) is 25.4 Å². The first-order valence-electron chi connectivity index (χ1n) is 15.3. The van der Waals surface area contributed by atoms with Gasteiger partial charge >= 0.3 is 5.97 Å². The standard InChI is InChI=1S/C34H44N4O7/c1-19-16-22-23(34(7,8)45-33(22,5)6)18-20(19)17-21-13-14-25(43-21)27(39)35-26-28(41-9)36-31(37-29(26)42-10)38-15-11-12-24(38)30(40)44-32(2,3)4/h13-14,16,18,24H,11-12,15,17H2,1-10H3,(H,35,39). The zero-order valence-corrected chi connectivity index (χ0v) is 27.9. The summed E-state index contributed by atoms with van der Waals surface area (Å²) in [6.07, 6.45) is 1.89. The van der Waals surface area contributed by atoms with E-state index in [4.69, 9.17) is 23.4 Å². The predicted molar refractivity (Wildman–Crippen MR) is 169 cm³/mol.